The minimum atomic E-state index is -0.912. The Morgan fingerprint density at radius 2 is 2.20 bits per heavy atom. The molecule has 1 aromatic rings. The molecule has 0 heterocycles. The van der Waals surface area contributed by atoms with Crippen LogP contribution in [-0.4, -0.2) is 18.8 Å². The smallest absolute Gasteiger partial charge is 0.135 e. The zero-order valence-electron chi connectivity index (χ0n) is 8.96. The number of aliphatic hydroxyl groups is 1. The van der Waals surface area contributed by atoms with Crippen LogP contribution in [0.2, 0.25) is 0 Å². The molecule has 0 spiro atoms. The number of hydrogen-bond acceptors (Lipinski definition) is 3. The van der Waals surface area contributed by atoms with Crippen LogP contribution in [0.5, 0.6) is 5.75 Å². The second kappa shape index (κ2) is 5.09. The van der Waals surface area contributed by atoms with Gasteiger partial charge in [0.25, 0.3) is 0 Å². The maximum atomic E-state index is 13.7. The summed E-state index contributed by atoms with van der Waals surface area (Å²) in [6, 6.07) is 3.26. The number of hydrogen-bond donors (Lipinski definition) is 2. The maximum Gasteiger partial charge on any atom is 0.135 e. The third-order valence-corrected chi connectivity index (χ3v) is 2.33. The topological polar surface area (TPSA) is 55.5 Å². The molecule has 1 rings (SSSR count). The number of benzene rings is 1. The second-order valence-electron chi connectivity index (χ2n) is 3.41. The molecular formula is C11H16FNO2. The molecule has 15 heavy (non-hydrogen) atoms. The van der Waals surface area contributed by atoms with Crippen molar-refractivity contribution in [3.05, 3.63) is 29.1 Å². The monoisotopic (exact) mass is 213 g/mol. The van der Waals surface area contributed by atoms with E-state index in [4.69, 9.17) is 10.5 Å². The Morgan fingerprint density at radius 3 is 2.73 bits per heavy atom. The van der Waals surface area contributed by atoms with Crippen LogP contribution in [0.3, 0.4) is 0 Å². The summed E-state index contributed by atoms with van der Waals surface area (Å²) in [5.74, 6) is -0.0608. The molecule has 0 fully saturated rings. The fourth-order valence-electron chi connectivity index (χ4n) is 1.47. The minimum Gasteiger partial charge on any atom is -0.496 e. The SMILES string of the molecule is COc1ccc(C)c(F)c1C(O)CCN. The number of ether oxygens (including phenoxy) is 1. The highest BCUT2D eigenvalue weighted by molar-refractivity contribution is 5.40. The van der Waals surface area contributed by atoms with Gasteiger partial charge in [0.15, 0.2) is 0 Å². The van der Waals surface area contributed by atoms with Gasteiger partial charge in [-0.2, -0.15) is 0 Å². The average Bonchev–Trinajstić information content (AvgIpc) is 2.22. The largest absolute Gasteiger partial charge is 0.496 e. The van der Waals surface area contributed by atoms with Gasteiger partial charge in [0, 0.05) is 0 Å². The van der Waals surface area contributed by atoms with E-state index in [1.54, 1.807) is 19.1 Å². The van der Waals surface area contributed by atoms with Crippen LogP contribution >= 0.6 is 0 Å². The highest BCUT2D eigenvalue weighted by Gasteiger charge is 2.19. The lowest BCUT2D eigenvalue weighted by atomic mass is 10.0. The fraction of sp³-hybridized carbons (Fsp3) is 0.455. The Hall–Kier alpha value is -1.13. The molecule has 0 amide bonds. The third kappa shape index (κ3) is 2.46. The Labute approximate surface area is 88.7 Å². The lowest BCUT2D eigenvalue weighted by Gasteiger charge is -2.16. The van der Waals surface area contributed by atoms with Crippen molar-refractivity contribution in [1.82, 2.24) is 0 Å². The van der Waals surface area contributed by atoms with E-state index in [-0.39, 0.29) is 5.56 Å². The Balaban J connectivity index is 3.17. The van der Waals surface area contributed by atoms with E-state index in [2.05, 4.69) is 0 Å². The number of aliphatic hydroxyl groups excluding tert-OH is 1. The first-order chi connectivity index (χ1) is 7.11. The molecule has 4 heteroatoms. The summed E-state index contributed by atoms with van der Waals surface area (Å²) < 4.78 is 18.7. The quantitative estimate of drug-likeness (QED) is 0.797. The molecule has 0 aliphatic carbocycles. The standard InChI is InChI=1S/C11H16FNO2/c1-7-3-4-9(15-2)10(11(7)12)8(14)5-6-13/h3-4,8,14H,5-6,13H2,1-2H3. The zero-order valence-corrected chi connectivity index (χ0v) is 8.96. The molecule has 3 N–H and O–H groups in total. The summed E-state index contributed by atoms with van der Waals surface area (Å²) in [6.07, 6.45) is -0.596. The van der Waals surface area contributed by atoms with E-state index in [1.807, 2.05) is 0 Å². The van der Waals surface area contributed by atoms with Gasteiger partial charge in [-0.3, -0.25) is 0 Å². The number of nitrogens with two attached hydrogens (primary N) is 1. The summed E-state index contributed by atoms with van der Waals surface area (Å²) in [5.41, 5.74) is 6.01. The van der Waals surface area contributed by atoms with Gasteiger partial charge in [0.2, 0.25) is 0 Å². The third-order valence-electron chi connectivity index (χ3n) is 2.33. The molecule has 0 aromatic heterocycles. The molecule has 0 saturated heterocycles. The van der Waals surface area contributed by atoms with E-state index in [9.17, 15) is 9.50 Å². The predicted octanol–water partition coefficient (Wildman–Crippen LogP) is 1.52. The van der Waals surface area contributed by atoms with Gasteiger partial charge in [-0.05, 0) is 31.5 Å². The molecule has 84 valence electrons. The first-order valence-electron chi connectivity index (χ1n) is 4.83. The van der Waals surface area contributed by atoms with Gasteiger partial charge in [-0.1, -0.05) is 6.07 Å². The van der Waals surface area contributed by atoms with Gasteiger partial charge in [-0.25, -0.2) is 4.39 Å². The molecule has 0 bridgehead atoms. The number of methoxy groups -OCH3 is 1. The molecule has 3 nitrogen and oxygen atoms in total. The van der Waals surface area contributed by atoms with Crippen molar-refractivity contribution in [2.45, 2.75) is 19.4 Å². The van der Waals surface area contributed by atoms with Crippen molar-refractivity contribution in [3.63, 3.8) is 0 Å². The van der Waals surface area contributed by atoms with E-state index in [1.165, 1.54) is 7.11 Å². The van der Waals surface area contributed by atoms with Gasteiger partial charge in [0.1, 0.15) is 11.6 Å². The average molecular weight is 213 g/mol. The fourth-order valence-corrected chi connectivity index (χ4v) is 1.47. The minimum absolute atomic E-state index is 0.197. The zero-order chi connectivity index (χ0) is 11.4. The summed E-state index contributed by atoms with van der Waals surface area (Å²) >= 11 is 0. The van der Waals surface area contributed by atoms with E-state index < -0.39 is 11.9 Å². The van der Waals surface area contributed by atoms with Crippen LogP contribution in [-0.2, 0) is 0 Å². The van der Waals surface area contributed by atoms with Gasteiger partial charge >= 0.3 is 0 Å². The highest BCUT2D eigenvalue weighted by atomic mass is 19.1. The van der Waals surface area contributed by atoms with Crippen molar-refractivity contribution in [2.24, 2.45) is 5.73 Å². The number of rotatable bonds is 4. The Kier molecular flexibility index (Phi) is 4.05. The van der Waals surface area contributed by atoms with Crippen LogP contribution in [0, 0.1) is 12.7 Å². The number of aryl methyl sites for hydroxylation is 1. The van der Waals surface area contributed by atoms with Crippen molar-refractivity contribution in [3.8, 4) is 5.75 Å². The summed E-state index contributed by atoms with van der Waals surface area (Å²) in [7, 11) is 1.45. The first kappa shape index (κ1) is 11.9. The molecule has 0 radical (unpaired) electrons. The molecular weight excluding hydrogens is 197 g/mol. The first-order valence-corrected chi connectivity index (χ1v) is 4.83. The molecule has 0 saturated carbocycles. The Morgan fingerprint density at radius 1 is 1.53 bits per heavy atom. The number of halogens is 1. The van der Waals surface area contributed by atoms with Crippen molar-refractivity contribution >= 4 is 0 Å². The second-order valence-corrected chi connectivity index (χ2v) is 3.41. The molecule has 1 atom stereocenters. The van der Waals surface area contributed by atoms with Crippen molar-refractivity contribution < 1.29 is 14.2 Å². The van der Waals surface area contributed by atoms with E-state index in [0.717, 1.165) is 0 Å². The summed E-state index contributed by atoms with van der Waals surface area (Å²) in [5, 5.41) is 9.74. The van der Waals surface area contributed by atoms with Gasteiger partial charge < -0.3 is 15.6 Å². The van der Waals surface area contributed by atoms with Gasteiger partial charge in [0.05, 0.1) is 18.8 Å². The molecule has 0 aliphatic heterocycles. The van der Waals surface area contributed by atoms with Gasteiger partial charge in [-0.15, -0.1) is 0 Å². The van der Waals surface area contributed by atoms with E-state index >= 15 is 0 Å². The molecule has 1 aromatic carbocycles. The normalized spacial score (nSPS) is 12.6. The lowest BCUT2D eigenvalue weighted by Crippen LogP contribution is -2.10. The molecule has 0 aliphatic rings. The predicted molar refractivity (Wildman–Crippen MR) is 56.3 cm³/mol. The van der Waals surface area contributed by atoms with E-state index in [0.29, 0.717) is 24.3 Å². The lowest BCUT2D eigenvalue weighted by molar-refractivity contribution is 0.161. The highest BCUT2D eigenvalue weighted by Crippen LogP contribution is 2.31. The van der Waals surface area contributed by atoms with Crippen LogP contribution in [0.25, 0.3) is 0 Å². The van der Waals surface area contributed by atoms with Crippen LogP contribution in [0.1, 0.15) is 23.7 Å². The summed E-state index contributed by atoms with van der Waals surface area (Å²) in [4.78, 5) is 0. The van der Waals surface area contributed by atoms with Crippen LogP contribution < -0.4 is 10.5 Å². The van der Waals surface area contributed by atoms with Crippen molar-refractivity contribution in [1.29, 1.82) is 0 Å². The van der Waals surface area contributed by atoms with Crippen molar-refractivity contribution in [2.75, 3.05) is 13.7 Å². The van der Waals surface area contributed by atoms with Crippen LogP contribution in [0.4, 0.5) is 4.39 Å². The Bertz CT molecular complexity index is 342. The summed E-state index contributed by atoms with van der Waals surface area (Å²) in [6.45, 7) is 1.95. The molecule has 1 unspecified atom stereocenters. The van der Waals surface area contributed by atoms with Crippen LogP contribution in [0.15, 0.2) is 12.1 Å². The maximum absolute atomic E-state index is 13.7.